The predicted octanol–water partition coefficient (Wildman–Crippen LogP) is 0.625. The summed E-state index contributed by atoms with van der Waals surface area (Å²) in [5, 5.41) is 0. The number of ether oxygens (including phenoxy) is 1. The Morgan fingerprint density at radius 1 is 1.75 bits per heavy atom. The van der Waals surface area contributed by atoms with Crippen LogP contribution in [-0.4, -0.2) is 24.8 Å². The molecule has 2 N–H and O–H groups in total. The molecule has 0 spiro atoms. The van der Waals surface area contributed by atoms with E-state index in [9.17, 15) is 9.18 Å². The van der Waals surface area contributed by atoms with Gasteiger partial charge in [-0.15, -0.1) is 0 Å². The number of carbonyl (C=O) groups is 1. The van der Waals surface area contributed by atoms with Gasteiger partial charge in [0.15, 0.2) is 0 Å². The number of nitrogens with two attached hydrogens (primary N) is 1. The van der Waals surface area contributed by atoms with Gasteiger partial charge in [-0.3, -0.25) is 0 Å². The van der Waals surface area contributed by atoms with Gasteiger partial charge in [0.05, 0.1) is 7.11 Å². The lowest BCUT2D eigenvalue weighted by atomic mass is 9.90. The summed E-state index contributed by atoms with van der Waals surface area (Å²) in [5.41, 5.74) is 4.24. The second-order valence-corrected chi connectivity index (χ2v) is 3.31. The van der Waals surface area contributed by atoms with Crippen molar-refractivity contribution in [3.63, 3.8) is 0 Å². The lowest BCUT2D eigenvalue weighted by Gasteiger charge is -2.27. The van der Waals surface area contributed by atoms with Gasteiger partial charge in [0, 0.05) is 0 Å². The van der Waals surface area contributed by atoms with Crippen LogP contribution in [0.3, 0.4) is 0 Å². The first-order valence-corrected chi connectivity index (χ1v) is 4.04. The zero-order valence-electron chi connectivity index (χ0n) is 7.34. The summed E-state index contributed by atoms with van der Waals surface area (Å²) in [4.78, 5) is 11.2. The molecule has 70 valence electrons. The van der Waals surface area contributed by atoms with Crippen molar-refractivity contribution >= 4 is 5.97 Å². The van der Waals surface area contributed by atoms with Crippen molar-refractivity contribution in [2.45, 2.75) is 31.5 Å². The summed E-state index contributed by atoms with van der Waals surface area (Å²) in [6.07, 6.45) is 0.289. The number of hydrogen-bond acceptors (Lipinski definition) is 3. The molecule has 0 heterocycles. The minimum atomic E-state index is -1.41. The summed E-state index contributed by atoms with van der Waals surface area (Å²) in [7, 11) is 1.23. The number of methoxy groups -OCH3 is 1. The van der Waals surface area contributed by atoms with Crippen molar-refractivity contribution in [2.75, 3.05) is 7.11 Å². The van der Waals surface area contributed by atoms with E-state index in [0.29, 0.717) is 0 Å². The number of esters is 1. The van der Waals surface area contributed by atoms with Crippen LogP contribution in [0.25, 0.3) is 0 Å². The average Bonchev–Trinajstić information content (AvgIpc) is 2.83. The molecular formula is C8H14FNO2. The Morgan fingerprint density at radius 3 is 2.50 bits per heavy atom. The minimum Gasteiger partial charge on any atom is -0.468 e. The van der Waals surface area contributed by atoms with Crippen LogP contribution in [0.15, 0.2) is 0 Å². The van der Waals surface area contributed by atoms with Crippen LogP contribution in [0.5, 0.6) is 0 Å². The third kappa shape index (κ3) is 1.31. The fourth-order valence-electron chi connectivity index (χ4n) is 1.39. The summed E-state index contributed by atoms with van der Waals surface area (Å²) < 4.78 is 17.5. The van der Waals surface area contributed by atoms with Crippen LogP contribution in [-0.2, 0) is 9.53 Å². The van der Waals surface area contributed by atoms with Crippen LogP contribution >= 0.6 is 0 Å². The number of halogens is 1. The molecule has 2 atom stereocenters. The first-order valence-electron chi connectivity index (χ1n) is 4.04. The van der Waals surface area contributed by atoms with Crippen molar-refractivity contribution in [1.29, 1.82) is 0 Å². The zero-order valence-corrected chi connectivity index (χ0v) is 7.34. The molecule has 0 aromatic rings. The third-order valence-electron chi connectivity index (χ3n) is 2.45. The Balaban J connectivity index is 2.77. The number of rotatable bonds is 3. The second kappa shape index (κ2) is 3.01. The van der Waals surface area contributed by atoms with Gasteiger partial charge in [0.1, 0.15) is 11.7 Å². The maximum Gasteiger partial charge on any atom is 0.329 e. The molecule has 0 aliphatic heterocycles. The molecule has 4 heteroatoms. The maximum atomic E-state index is 13.1. The Kier molecular flexibility index (Phi) is 2.37. The van der Waals surface area contributed by atoms with Crippen molar-refractivity contribution in [3.8, 4) is 0 Å². The molecule has 12 heavy (non-hydrogen) atoms. The fraction of sp³-hybridized carbons (Fsp3) is 0.875. The zero-order chi connectivity index (χ0) is 9.35. The second-order valence-electron chi connectivity index (χ2n) is 3.31. The van der Waals surface area contributed by atoms with Crippen LogP contribution < -0.4 is 5.73 Å². The van der Waals surface area contributed by atoms with Gasteiger partial charge in [-0.05, 0) is 25.7 Å². The minimum absolute atomic E-state index is 0.0371. The number of alkyl halides is 1. The molecule has 0 aromatic heterocycles. The first kappa shape index (κ1) is 9.45. The van der Waals surface area contributed by atoms with Gasteiger partial charge in [-0.2, -0.15) is 0 Å². The topological polar surface area (TPSA) is 52.3 Å². The molecule has 2 unspecified atom stereocenters. The molecule has 0 radical (unpaired) electrons. The van der Waals surface area contributed by atoms with Crippen LogP contribution in [0, 0.1) is 5.92 Å². The molecule has 0 saturated heterocycles. The molecule has 1 rings (SSSR count). The van der Waals surface area contributed by atoms with Gasteiger partial charge < -0.3 is 10.5 Å². The smallest absolute Gasteiger partial charge is 0.329 e. The van der Waals surface area contributed by atoms with E-state index in [0.717, 1.165) is 12.8 Å². The van der Waals surface area contributed by atoms with E-state index in [2.05, 4.69) is 4.74 Å². The van der Waals surface area contributed by atoms with E-state index in [-0.39, 0.29) is 5.92 Å². The van der Waals surface area contributed by atoms with Gasteiger partial charge in [0.2, 0.25) is 0 Å². The summed E-state index contributed by atoms with van der Waals surface area (Å²) in [5.74, 6) is -0.676. The standard InChI is InChI=1S/C8H14FNO2/c1-5(9)8(10,6-3-4-6)7(11)12-2/h5-6H,3-4,10H2,1-2H3. The highest BCUT2D eigenvalue weighted by Gasteiger charge is 2.53. The van der Waals surface area contributed by atoms with Gasteiger partial charge in [-0.1, -0.05) is 0 Å². The maximum absolute atomic E-state index is 13.1. The number of carbonyl (C=O) groups excluding carboxylic acids is 1. The van der Waals surface area contributed by atoms with Crippen molar-refractivity contribution < 1.29 is 13.9 Å². The first-order chi connectivity index (χ1) is 5.53. The summed E-state index contributed by atoms with van der Waals surface area (Å²) in [6, 6.07) is 0. The van der Waals surface area contributed by atoms with Gasteiger partial charge in [-0.25, -0.2) is 9.18 Å². The van der Waals surface area contributed by atoms with Gasteiger partial charge in [0.25, 0.3) is 0 Å². The Bertz CT molecular complexity index is 187. The van der Waals surface area contributed by atoms with E-state index >= 15 is 0 Å². The lowest BCUT2D eigenvalue weighted by Crippen LogP contribution is -2.57. The van der Waals surface area contributed by atoms with E-state index in [4.69, 9.17) is 5.73 Å². The SMILES string of the molecule is COC(=O)C(N)(C(C)F)C1CC1. The highest BCUT2D eigenvalue weighted by molar-refractivity contribution is 5.82. The highest BCUT2D eigenvalue weighted by Crippen LogP contribution is 2.41. The molecule has 1 aliphatic carbocycles. The van der Waals surface area contributed by atoms with Gasteiger partial charge >= 0.3 is 5.97 Å². The van der Waals surface area contributed by atoms with Crippen molar-refractivity contribution in [3.05, 3.63) is 0 Å². The Labute approximate surface area is 71.1 Å². The fourth-order valence-corrected chi connectivity index (χ4v) is 1.39. The third-order valence-corrected chi connectivity index (χ3v) is 2.45. The normalized spacial score (nSPS) is 24.3. The van der Waals surface area contributed by atoms with E-state index in [1.165, 1.54) is 14.0 Å². The van der Waals surface area contributed by atoms with Crippen molar-refractivity contribution in [2.24, 2.45) is 11.7 Å². The highest BCUT2D eigenvalue weighted by atomic mass is 19.1. The van der Waals surface area contributed by atoms with E-state index < -0.39 is 17.7 Å². The summed E-state index contributed by atoms with van der Waals surface area (Å²) in [6.45, 7) is 1.30. The molecule has 0 amide bonds. The van der Waals surface area contributed by atoms with Crippen LogP contribution in [0.2, 0.25) is 0 Å². The van der Waals surface area contributed by atoms with Crippen molar-refractivity contribution in [1.82, 2.24) is 0 Å². The quantitative estimate of drug-likeness (QED) is 0.640. The van der Waals surface area contributed by atoms with Crippen LogP contribution in [0.4, 0.5) is 4.39 Å². The monoisotopic (exact) mass is 175 g/mol. The van der Waals surface area contributed by atoms with Crippen LogP contribution in [0.1, 0.15) is 19.8 Å². The van der Waals surface area contributed by atoms with E-state index in [1.54, 1.807) is 0 Å². The lowest BCUT2D eigenvalue weighted by molar-refractivity contribution is -0.150. The Morgan fingerprint density at radius 2 is 2.25 bits per heavy atom. The largest absolute Gasteiger partial charge is 0.468 e. The molecule has 0 aromatic carbocycles. The Hall–Kier alpha value is -0.640. The molecule has 1 fully saturated rings. The molecular weight excluding hydrogens is 161 g/mol. The molecule has 1 saturated carbocycles. The molecule has 1 aliphatic rings. The average molecular weight is 175 g/mol. The summed E-state index contributed by atoms with van der Waals surface area (Å²) >= 11 is 0. The predicted molar refractivity (Wildman–Crippen MR) is 42.2 cm³/mol. The molecule has 0 bridgehead atoms. The number of hydrogen-bond donors (Lipinski definition) is 1. The molecule has 3 nitrogen and oxygen atoms in total. The van der Waals surface area contributed by atoms with E-state index in [1.807, 2.05) is 0 Å².